The van der Waals surface area contributed by atoms with Crippen LogP contribution in [0.15, 0.2) is 46.8 Å². The highest BCUT2D eigenvalue weighted by molar-refractivity contribution is 8.01. The van der Waals surface area contributed by atoms with E-state index in [9.17, 15) is 9.59 Å². The van der Waals surface area contributed by atoms with Crippen molar-refractivity contribution in [3.8, 4) is 0 Å². The second-order valence-electron chi connectivity index (χ2n) is 5.53. The Morgan fingerprint density at radius 3 is 2.69 bits per heavy atom. The van der Waals surface area contributed by atoms with Gasteiger partial charge in [0.2, 0.25) is 16.9 Å². The van der Waals surface area contributed by atoms with Gasteiger partial charge in [0.15, 0.2) is 4.34 Å². The van der Waals surface area contributed by atoms with Crippen molar-refractivity contribution in [2.24, 2.45) is 0 Å². The monoisotopic (exact) mass is 386 g/mol. The smallest absolute Gasteiger partial charge is 0.234 e. The van der Waals surface area contributed by atoms with Crippen molar-refractivity contribution in [3.05, 3.63) is 42.5 Å². The van der Waals surface area contributed by atoms with Crippen molar-refractivity contribution in [3.63, 3.8) is 0 Å². The van der Waals surface area contributed by atoms with E-state index in [1.165, 1.54) is 23.1 Å². The SMILES string of the molecule is CCCC(=O)Nc1nnc(SCC(=O)Nc2cccc3ccccc23)s1. The lowest BCUT2D eigenvalue weighted by Gasteiger charge is -2.08. The van der Waals surface area contributed by atoms with Crippen LogP contribution in [0, 0.1) is 0 Å². The van der Waals surface area contributed by atoms with Gasteiger partial charge in [0.05, 0.1) is 5.75 Å². The van der Waals surface area contributed by atoms with E-state index in [0.717, 1.165) is 22.9 Å². The van der Waals surface area contributed by atoms with Gasteiger partial charge in [0.25, 0.3) is 0 Å². The van der Waals surface area contributed by atoms with Gasteiger partial charge in [-0.3, -0.25) is 9.59 Å². The van der Waals surface area contributed by atoms with E-state index in [1.807, 2.05) is 49.4 Å². The van der Waals surface area contributed by atoms with E-state index in [1.54, 1.807) is 0 Å². The molecule has 0 aliphatic carbocycles. The molecule has 3 rings (SSSR count). The second-order valence-corrected chi connectivity index (χ2v) is 7.73. The Morgan fingerprint density at radius 2 is 1.85 bits per heavy atom. The number of rotatable bonds is 7. The molecule has 6 nitrogen and oxygen atoms in total. The van der Waals surface area contributed by atoms with Crippen molar-refractivity contribution in [2.75, 3.05) is 16.4 Å². The molecule has 0 fully saturated rings. The highest BCUT2D eigenvalue weighted by Crippen LogP contribution is 2.27. The first-order valence-electron chi connectivity index (χ1n) is 8.19. The molecule has 1 aromatic heterocycles. The van der Waals surface area contributed by atoms with Crippen LogP contribution in [-0.4, -0.2) is 27.8 Å². The lowest BCUT2D eigenvalue weighted by atomic mass is 10.1. The van der Waals surface area contributed by atoms with Crippen molar-refractivity contribution in [2.45, 2.75) is 24.1 Å². The second kappa shape index (κ2) is 8.77. The number of carbonyl (C=O) groups excluding carboxylic acids is 2. The molecule has 0 bridgehead atoms. The van der Waals surface area contributed by atoms with Gasteiger partial charge < -0.3 is 10.6 Å². The van der Waals surface area contributed by atoms with Gasteiger partial charge in [-0.15, -0.1) is 10.2 Å². The van der Waals surface area contributed by atoms with Crippen LogP contribution in [0.1, 0.15) is 19.8 Å². The average molecular weight is 387 g/mol. The zero-order valence-corrected chi connectivity index (χ0v) is 15.8. The number of thioether (sulfide) groups is 1. The Labute approximate surface area is 159 Å². The first-order chi connectivity index (χ1) is 12.7. The molecule has 0 aliphatic rings. The van der Waals surface area contributed by atoms with Gasteiger partial charge in [-0.05, 0) is 17.9 Å². The predicted molar refractivity (Wildman–Crippen MR) is 107 cm³/mol. The fourth-order valence-corrected chi connectivity index (χ4v) is 3.94. The lowest BCUT2D eigenvalue weighted by Crippen LogP contribution is -2.14. The zero-order chi connectivity index (χ0) is 18.4. The molecule has 0 saturated heterocycles. The number of fused-ring (bicyclic) bond motifs is 1. The van der Waals surface area contributed by atoms with Gasteiger partial charge in [0, 0.05) is 17.5 Å². The summed E-state index contributed by atoms with van der Waals surface area (Å²) >= 11 is 2.56. The highest BCUT2D eigenvalue weighted by Gasteiger charge is 2.11. The number of benzene rings is 2. The first-order valence-corrected chi connectivity index (χ1v) is 9.99. The maximum atomic E-state index is 12.3. The molecule has 2 aromatic carbocycles. The molecule has 134 valence electrons. The largest absolute Gasteiger partial charge is 0.325 e. The molecule has 0 unspecified atom stereocenters. The Hall–Kier alpha value is -2.45. The van der Waals surface area contributed by atoms with Gasteiger partial charge >= 0.3 is 0 Å². The molecular formula is C18H18N4O2S2. The van der Waals surface area contributed by atoms with E-state index < -0.39 is 0 Å². The molecule has 3 aromatic rings. The first kappa shape index (κ1) is 18.3. The van der Waals surface area contributed by atoms with Crippen LogP contribution < -0.4 is 10.6 Å². The summed E-state index contributed by atoms with van der Waals surface area (Å²) < 4.78 is 0.643. The molecule has 0 atom stereocenters. The van der Waals surface area contributed by atoms with Crippen LogP contribution in [0.2, 0.25) is 0 Å². The number of carbonyl (C=O) groups is 2. The van der Waals surface area contributed by atoms with Crippen LogP contribution >= 0.6 is 23.1 Å². The molecular weight excluding hydrogens is 368 g/mol. The Morgan fingerprint density at radius 1 is 1.04 bits per heavy atom. The molecule has 26 heavy (non-hydrogen) atoms. The van der Waals surface area contributed by atoms with Crippen molar-refractivity contribution < 1.29 is 9.59 Å². The fourth-order valence-electron chi connectivity index (χ4n) is 2.38. The van der Waals surface area contributed by atoms with E-state index >= 15 is 0 Å². The molecule has 1 heterocycles. The summed E-state index contributed by atoms with van der Waals surface area (Å²) in [7, 11) is 0. The molecule has 0 saturated carbocycles. The number of hydrogen-bond donors (Lipinski definition) is 2. The Kier molecular flexibility index (Phi) is 6.19. The maximum absolute atomic E-state index is 12.3. The number of amides is 2. The number of anilines is 2. The van der Waals surface area contributed by atoms with Gasteiger partial charge in [-0.1, -0.05) is 66.4 Å². The predicted octanol–water partition coefficient (Wildman–Crippen LogP) is 4.16. The van der Waals surface area contributed by atoms with Gasteiger partial charge in [0.1, 0.15) is 0 Å². The summed E-state index contributed by atoms with van der Waals surface area (Å²) in [5.74, 6) is 0.0350. The highest BCUT2D eigenvalue weighted by atomic mass is 32.2. The third-order valence-electron chi connectivity index (χ3n) is 3.52. The van der Waals surface area contributed by atoms with Crippen LogP contribution in [0.5, 0.6) is 0 Å². The van der Waals surface area contributed by atoms with Crippen molar-refractivity contribution in [1.29, 1.82) is 0 Å². The quantitative estimate of drug-likeness (QED) is 0.470. The summed E-state index contributed by atoms with van der Waals surface area (Å²) in [6, 6.07) is 13.7. The van der Waals surface area contributed by atoms with E-state index in [2.05, 4.69) is 20.8 Å². The topological polar surface area (TPSA) is 84.0 Å². The van der Waals surface area contributed by atoms with Crippen LogP contribution in [-0.2, 0) is 9.59 Å². The van der Waals surface area contributed by atoms with Crippen molar-refractivity contribution in [1.82, 2.24) is 10.2 Å². The van der Waals surface area contributed by atoms with E-state index in [0.29, 0.717) is 15.9 Å². The van der Waals surface area contributed by atoms with Crippen molar-refractivity contribution >= 4 is 56.5 Å². The van der Waals surface area contributed by atoms with E-state index in [4.69, 9.17) is 0 Å². The summed E-state index contributed by atoms with van der Waals surface area (Å²) in [6.45, 7) is 1.94. The number of aromatic nitrogens is 2. The Balaban J connectivity index is 1.56. The minimum atomic E-state index is -0.113. The van der Waals surface area contributed by atoms with E-state index in [-0.39, 0.29) is 17.6 Å². The summed E-state index contributed by atoms with van der Waals surface area (Å²) in [4.78, 5) is 23.8. The molecule has 0 aliphatic heterocycles. The molecule has 0 radical (unpaired) electrons. The molecule has 2 amide bonds. The van der Waals surface area contributed by atoms with Crippen LogP contribution in [0.3, 0.4) is 0 Å². The molecule has 0 spiro atoms. The minimum absolute atomic E-state index is 0.0751. The van der Waals surface area contributed by atoms with Crippen LogP contribution in [0.25, 0.3) is 10.8 Å². The molecule has 8 heteroatoms. The van der Waals surface area contributed by atoms with Gasteiger partial charge in [-0.25, -0.2) is 0 Å². The number of hydrogen-bond acceptors (Lipinski definition) is 6. The maximum Gasteiger partial charge on any atom is 0.234 e. The zero-order valence-electron chi connectivity index (χ0n) is 14.2. The molecule has 2 N–H and O–H groups in total. The van der Waals surface area contributed by atoms with Gasteiger partial charge in [-0.2, -0.15) is 0 Å². The normalized spacial score (nSPS) is 10.7. The third-order valence-corrected chi connectivity index (χ3v) is 5.49. The number of nitrogens with one attached hydrogen (secondary N) is 2. The standard InChI is InChI=1S/C18H18N4O2S2/c1-2-6-15(23)20-17-21-22-18(26-17)25-11-16(24)19-14-10-5-8-12-7-3-4-9-13(12)14/h3-5,7-10H,2,6,11H2,1H3,(H,19,24)(H,20,21,23). The third kappa shape index (κ3) is 4.80. The van der Waals surface area contributed by atoms with Crippen LogP contribution in [0.4, 0.5) is 10.8 Å². The fraction of sp³-hybridized carbons (Fsp3) is 0.222. The Bertz CT molecular complexity index is 921. The number of nitrogens with zero attached hydrogens (tertiary/aromatic N) is 2. The summed E-state index contributed by atoms with van der Waals surface area (Å²) in [5.41, 5.74) is 0.790. The minimum Gasteiger partial charge on any atom is -0.325 e. The summed E-state index contributed by atoms with van der Waals surface area (Å²) in [6.07, 6.45) is 1.23. The lowest BCUT2D eigenvalue weighted by molar-refractivity contribution is -0.116. The summed E-state index contributed by atoms with van der Waals surface area (Å²) in [5, 5.41) is 16.1. The average Bonchev–Trinajstić information content (AvgIpc) is 3.08.